The molecule has 7 heteroatoms. The third kappa shape index (κ3) is 2.06. The Balaban J connectivity index is 2.77. The van der Waals surface area contributed by atoms with Crippen LogP contribution in [0.3, 0.4) is 0 Å². The van der Waals surface area contributed by atoms with Crippen molar-refractivity contribution in [3.8, 4) is 0 Å². The minimum atomic E-state index is -4.53. The molecule has 0 aliphatic heterocycles. The fraction of sp³-hybridized carbons (Fsp3) is 0.200. The molecular weight excluding hydrogens is 301 g/mol. The predicted molar refractivity (Wildman–Crippen MR) is 58.3 cm³/mol. The van der Waals surface area contributed by atoms with E-state index in [4.69, 9.17) is 0 Å². The van der Waals surface area contributed by atoms with Gasteiger partial charge in [-0.25, -0.2) is 4.98 Å². The molecule has 2 aromatic heterocycles. The number of carbonyl (C=O) groups excluding carboxylic acids is 1. The van der Waals surface area contributed by atoms with Gasteiger partial charge in [0.25, 0.3) is 0 Å². The highest BCUT2D eigenvalue weighted by Crippen LogP contribution is 2.30. The number of alkyl halides is 4. The first-order chi connectivity index (χ1) is 7.95. The van der Waals surface area contributed by atoms with Crippen LogP contribution in [0.15, 0.2) is 24.4 Å². The summed E-state index contributed by atoms with van der Waals surface area (Å²) in [6.07, 6.45) is -3.38. The highest BCUT2D eigenvalue weighted by atomic mass is 79.9. The fourth-order valence-corrected chi connectivity index (χ4v) is 1.81. The SMILES string of the molecule is O=C(CBr)c1cnc2cccc(C(F)(F)F)n12. The van der Waals surface area contributed by atoms with Crippen LogP contribution in [0.2, 0.25) is 0 Å². The van der Waals surface area contributed by atoms with Crippen LogP contribution >= 0.6 is 15.9 Å². The van der Waals surface area contributed by atoms with Crippen LogP contribution in [0.5, 0.6) is 0 Å². The number of rotatable bonds is 2. The smallest absolute Gasteiger partial charge is 0.291 e. The number of hydrogen-bond donors (Lipinski definition) is 0. The molecule has 0 radical (unpaired) electrons. The molecule has 17 heavy (non-hydrogen) atoms. The second-order valence-electron chi connectivity index (χ2n) is 3.30. The molecule has 0 spiro atoms. The predicted octanol–water partition coefficient (Wildman–Crippen LogP) is 2.93. The largest absolute Gasteiger partial charge is 0.431 e. The first-order valence-electron chi connectivity index (χ1n) is 4.58. The van der Waals surface area contributed by atoms with E-state index in [0.717, 1.165) is 16.7 Å². The van der Waals surface area contributed by atoms with E-state index in [2.05, 4.69) is 20.9 Å². The molecule has 0 aromatic carbocycles. The molecular formula is C10H6BrF3N2O. The summed E-state index contributed by atoms with van der Waals surface area (Å²) in [5, 5.41) is -0.0486. The van der Waals surface area contributed by atoms with Crippen molar-refractivity contribution in [2.24, 2.45) is 0 Å². The van der Waals surface area contributed by atoms with E-state index in [1.54, 1.807) is 0 Å². The number of hydrogen-bond acceptors (Lipinski definition) is 2. The molecule has 0 bridgehead atoms. The third-order valence-electron chi connectivity index (χ3n) is 2.23. The van der Waals surface area contributed by atoms with E-state index >= 15 is 0 Å². The number of halogens is 4. The highest BCUT2D eigenvalue weighted by Gasteiger charge is 2.34. The molecule has 0 unspecified atom stereocenters. The quantitative estimate of drug-likeness (QED) is 0.631. The molecule has 0 aliphatic carbocycles. The van der Waals surface area contributed by atoms with Crippen molar-refractivity contribution in [3.05, 3.63) is 35.8 Å². The maximum absolute atomic E-state index is 12.8. The third-order valence-corrected chi connectivity index (χ3v) is 2.74. The topological polar surface area (TPSA) is 34.4 Å². The second kappa shape index (κ2) is 4.14. The monoisotopic (exact) mass is 306 g/mol. The zero-order chi connectivity index (χ0) is 12.6. The highest BCUT2D eigenvalue weighted by molar-refractivity contribution is 9.09. The van der Waals surface area contributed by atoms with Gasteiger partial charge in [-0.05, 0) is 12.1 Å². The van der Waals surface area contributed by atoms with Crippen molar-refractivity contribution < 1.29 is 18.0 Å². The zero-order valence-electron chi connectivity index (χ0n) is 8.33. The molecule has 0 atom stereocenters. The zero-order valence-corrected chi connectivity index (χ0v) is 9.92. The van der Waals surface area contributed by atoms with Gasteiger partial charge in [0, 0.05) is 0 Å². The van der Waals surface area contributed by atoms with Crippen molar-refractivity contribution in [2.75, 3.05) is 5.33 Å². The molecule has 2 rings (SSSR count). The van der Waals surface area contributed by atoms with Gasteiger partial charge in [-0.2, -0.15) is 13.2 Å². The number of fused-ring (bicyclic) bond motifs is 1. The molecule has 0 N–H and O–H groups in total. The van der Waals surface area contributed by atoms with Crippen LogP contribution in [-0.2, 0) is 6.18 Å². The number of pyridine rings is 1. The molecule has 0 amide bonds. The Morgan fingerprint density at radius 3 is 2.71 bits per heavy atom. The number of imidazole rings is 1. The van der Waals surface area contributed by atoms with Crippen LogP contribution in [0, 0.1) is 0 Å². The van der Waals surface area contributed by atoms with Crippen molar-refractivity contribution in [3.63, 3.8) is 0 Å². The molecule has 2 aromatic rings. The van der Waals surface area contributed by atoms with E-state index in [0.29, 0.717) is 0 Å². The summed E-state index contributed by atoms with van der Waals surface area (Å²) < 4.78 is 39.1. The Labute approximate surface area is 102 Å². The summed E-state index contributed by atoms with van der Waals surface area (Å²) in [5.74, 6) is -0.450. The molecule has 0 saturated carbocycles. The van der Waals surface area contributed by atoms with Gasteiger partial charge in [-0.3, -0.25) is 9.20 Å². The van der Waals surface area contributed by atoms with Gasteiger partial charge in [0.15, 0.2) is 5.78 Å². The molecule has 3 nitrogen and oxygen atoms in total. The van der Waals surface area contributed by atoms with E-state index < -0.39 is 17.7 Å². The fourth-order valence-electron chi connectivity index (χ4n) is 1.52. The average molecular weight is 307 g/mol. The molecule has 90 valence electrons. The number of nitrogens with zero attached hydrogens (tertiary/aromatic N) is 2. The first kappa shape index (κ1) is 12.1. The van der Waals surface area contributed by atoms with Gasteiger partial charge in [0.05, 0.1) is 11.5 Å². The van der Waals surface area contributed by atoms with Gasteiger partial charge in [0.2, 0.25) is 0 Å². The minimum Gasteiger partial charge on any atom is -0.291 e. The van der Waals surface area contributed by atoms with Crippen LogP contribution < -0.4 is 0 Å². The average Bonchev–Trinajstić information content (AvgIpc) is 2.70. The summed E-state index contributed by atoms with van der Waals surface area (Å²) in [5.41, 5.74) is -0.884. The molecule has 0 fully saturated rings. The summed E-state index contributed by atoms with van der Waals surface area (Å²) in [4.78, 5) is 15.3. The lowest BCUT2D eigenvalue weighted by atomic mass is 10.3. The van der Waals surface area contributed by atoms with Crippen LogP contribution in [0.4, 0.5) is 13.2 Å². The Hall–Kier alpha value is -1.37. The Morgan fingerprint density at radius 1 is 1.41 bits per heavy atom. The van der Waals surface area contributed by atoms with Gasteiger partial charge in [-0.1, -0.05) is 22.0 Å². The normalized spacial score (nSPS) is 12.0. The number of carbonyl (C=O) groups is 1. The standard InChI is InChI=1S/C10H6BrF3N2O/c11-4-7(17)6-5-15-9-3-1-2-8(16(6)9)10(12,13)14/h1-3,5H,4H2. The lowest BCUT2D eigenvalue weighted by molar-refractivity contribution is -0.142. The summed E-state index contributed by atoms with van der Waals surface area (Å²) in [6.45, 7) is 0. The maximum atomic E-state index is 12.8. The van der Waals surface area contributed by atoms with Gasteiger partial charge in [0.1, 0.15) is 17.0 Å². The van der Waals surface area contributed by atoms with Gasteiger partial charge < -0.3 is 0 Å². The van der Waals surface area contributed by atoms with Gasteiger partial charge in [-0.15, -0.1) is 0 Å². The molecule has 0 saturated heterocycles. The van der Waals surface area contributed by atoms with Crippen LogP contribution in [0.25, 0.3) is 5.65 Å². The summed E-state index contributed by atoms with van der Waals surface area (Å²) in [7, 11) is 0. The van der Waals surface area contributed by atoms with E-state index in [1.807, 2.05) is 0 Å². The Morgan fingerprint density at radius 2 is 2.12 bits per heavy atom. The first-order valence-corrected chi connectivity index (χ1v) is 5.70. The van der Waals surface area contributed by atoms with Crippen molar-refractivity contribution in [1.29, 1.82) is 0 Å². The maximum Gasteiger partial charge on any atom is 0.431 e. The number of ketones is 1. The van der Waals surface area contributed by atoms with Crippen LogP contribution in [-0.4, -0.2) is 20.5 Å². The second-order valence-corrected chi connectivity index (χ2v) is 3.86. The number of aromatic nitrogens is 2. The molecule has 2 heterocycles. The van der Waals surface area contributed by atoms with Crippen molar-refractivity contribution in [2.45, 2.75) is 6.18 Å². The Kier molecular flexibility index (Phi) is 2.94. The summed E-state index contributed by atoms with van der Waals surface area (Å²) in [6, 6.07) is 3.59. The van der Waals surface area contributed by atoms with E-state index in [9.17, 15) is 18.0 Å². The lowest BCUT2D eigenvalue weighted by Gasteiger charge is -2.10. The molecule has 0 aliphatic rings. The number of Topliss-reactive ketones (excluding diaryl/α,β-unsaturated/α-hetero) is 1. The minimum absolute atomic E-state index is 0.0486. The van der Waals surface area contributed by atoms with E-state index in [1.165, 1.54) is 12.1 Å². The van der Waals surface area contributed by atoms with Crippen molar-refractivity contribution >= 4 is 27.4 Å². The lowest BCUT2D eigenvalue weighted by Crippen LogP contribution is -2.15. The van der Waals surface area contributed by atoms with Crippen molar-refractivity contribution in [1.82, 2.24) is 9.38 Å². The summed E-state index contributed by atoms with van der Waals surface area (Å²) >= 11 is 2.93. The Bertz CT molecular complexity index is 576. The van der Waals surface area contributed by atoms with Crippen LogP contribution in [0.1, 0.15) is 16.2 Å². The van der Waals surface area contributed by atoms with E-state index in [-0.39, 0.29) is 16.7 Å². The van der Waals surface area contributed by atoms with Gasteiger partial charge >= 0.3 is 6.18 Å².